The van der Waals surface area contributed by atoms with Crippen LogP contribution >= 0.6 is 0 Å². The highest BCUT2D eigenvalue weighted by Gasteiger charge is 2.30. The lowest BCUT2D eigenvalue weighted by atomic mass is 9.84. The fourth-order valence-corrected chi connectivity index (χ4v) is 3.61. The molecule has 0 aromatic heterocycles. The lowest BCUT2D eigenvalue weighted by Crippen LogP contribution is -2.24. The Balaban J connectivity index is 2.15. The number of nitrogens with one attached hydrogen (secondary N) is 1. The summed E-state index contributed by atoms with van der Waals surface area (Å²) < 4.78 is 27.9. The van der Waals surface area contributed by atoms with E-state index in [9.17, 15) is 4.79 Å². The fraction of sp³-hybridized carbons (Fsp3) is 0.409. The lowest BCUT2D eigenvalue weighted by Gasteiger charge is -2.28. The first-order valence-electron chi connectivity index (χ1n) is 9.59. The summed E-state index contributed by atoms with van der Waals surface area (Å²) in [6.45, 7) is 4.85. The Morgan fingerprint density at radius 3 is 1.97 bits per heavy atom. The Labute approximate surface area is 170 Å². The molecule has 1 aliphatic rings. The lowest BCUT2D eigenvalue weighted by molar-refractivity contribution is -0.116. The molecule has 1 unspecified atom stereocenters. The molecule has 29 heavy (non-hydrogen) atoms. The van der Waals surface area contributed by atoms with Gasteiger partial charge in [-0.25, -0.2) is 0 Å². The van der Waals surface area contributed by atoms with Crippen LogP contribution in [0.2, 0.25) is 0 Å². The van der Waals surface area contributed by atoms with Crippen molar-refractivity contribution in [1.82, 2.24) is 0 Å². The van der Waals surface area contributed by atoms with Gasteiger partial charge in [0.05, 0.1) is 34.5 Å². The summed E-state index contributed by atoms with van der Waals surface area (Å²) in [4.78, 5) is 12.5. The van der Waals surface area contributed by atoms with Crippen molar-refractivity contribution in [3.63, 3.8) is 0 Å². The molecular formula is C22H27NO6. The molecule has 3 rings (SSSR count). The predicted molar refractivity (Wildman–Crippen MR) is 110 cm³/mol. The summed E-state index contributed by atoms with van der Waals surface area (Å²) in [7, 11) is 4.71. The first kappa shape index (κ1) is 20.6. The normalized spacial score (nSPS) is 15.2. The van der Waals surface area contributed by atoms with E-state index >= 15 is 0 Å². The zero-order valence-corrected chi connectivity index (χ0v) is 17.5. The van der Waals surface area contributed by atoms with Crippen LogP contribution in [-0.2, 0) is 4.79 Å². The Bertz CT molecular complexity index is 870. The molecule has 0 bridgehead atoms. The second-order valence-electron chi connectivity index (χ2n) is 6.52. The van der Waals surface area contributed by atoms with E-state index in [-0.39, 0.29) is 11.8 Å². The number of carbonyl (C=O) groups excluding carboxylic acids is 1. The minimum Gasteiger partial charge on any atom is -0.493 e. The number of hydrogen-bond acceptors (Lipinski definition) is 6. The largest absolute Gasteiger partial charge is 0.493 e. The molecule has 0 saturated heterocycles. The standard InChI is InChI=1S/C22H27NO6/c1-6-28-17-10-15-14(11-21(24)23-16(15)12-18(17)29-7-2)13-8-19(25-3)22(27-5)20(9-13)26-4/h8-10,12,14H,6-7,11H2,1-5H3,(H,23,24). The van der Waals surface area contributed by atoms with Crippen LogP contribution in [0.4, 0.5) is 5.69 Å². The van der Waals surface area contributed by atoms with E-state index in [0.29, 0.717) is 54.1 Å². The van der Waals surface area contributed by atoms with Crippen molar-refractivity contribution in [2.75, 3.05) is 39.9 Å². The van der Waals surface area contributed by atoms with Gasteiger partial charge in [0, 0.05) is 24.1 Å². The van der Waals surface area contributed by atoms with Gasteiger partial charge >= 0.3 is 0 Å². The molecule has 7 nitrogen and oxygen atoms in total. The Morgan fingerprint density at radius 2 is 1.45 bits per heavy atom. The van der Waals surface area contributed by atoms with Crippen LogP contribution in [-0.4, -0.2) is 40.5 Å². The summed E-state index contributed by atoms with van der Waals surface area (Å²) in [5.74, 6) is 2.61. The molecule has 7 heteroatoms. The van der Waals surface area contributed by atoms with Gasteiger partial charge in [-0.2, -0.15) is 0 Å². The predicted octanol–water partition coefficient (Wildman–Crippen LogP) is 3.98. The molecule has 0 fully saturated rings. The van der Waals surface area contributed by atoms with Crippen LogP contribution in [0.5, 0.6) is 28.7 Å². The Hall–Kier alpha value is -3.09. The van der Waals surface area contributed by atoms with Crippen molar-refractivity contribution in [3.05, 3.63) is 35.4 Å². The average molecular weight is 401 g/mol. The average Bonchev–Trinajstić information content (AvgIpc) is 2.73. The molecule has 2 aromatic carbocycles. The number of fused-ring (bicyclic) bond motifs is 1. The van der Waals surface area contributed by atoms with Crippen molar-refractivity contribution in [2.45, 2.75) is 26.2 Å². The highest BCUT2D eigenvalue weighted by molar-refractivity contribution is 5.96. The van der Waals surface area contributed by atoms with Crippen LogP contribution in [0.1, 0.15) is 37.3 Å². The highest BCUT2D eigenvalue weighted by Crippen LogP contribution is 2.47. The number of methoxy groups -OCH3 is 3. The fourth-order valence-electron chi connectivity index (χ4n) is 3.61. The minimum atomic E-state index is -0.192. The number of amides is 1. The van der Waals surface area contributed by atoms with Crippen LogP contribution in [0.15, 0.2) is 24.3 Å². The van der Waals surface area contributed by atoms with Gasteiger partial charge in [-0.15, -0.1) is 0 Å². The third-order valence-electron chi connectivity index (χ3n) is 4.84. The van der Waals surface area contributed by atoms with Gasteiger partial charge in [0.15, 0.2) is 23.0 Å². The number of carbonyl (C=O) groups is 1. The SMILES string of the molecule is CCOc1cc2c(cc1OCC)C(c1cc(OC)c(OC)c(OC)c1)CC(=O)N2. The quantitative estimate of drug-likeness (QED) is 0.721. The van der Waals surface area contributed by atoms with E-state index in [1.165, 1.54) is 0 Å². The topological polar surface area (TPSA) is 75.2 Å². The molecule has 0 saturated carbocycles. The Kier molecular flexibility index (Phi) is 6.36. The molecule has 1 aliphatic heterocycles. The van der Waals surface area contributed by atoms with Crippen LogP contribution in [0.25, 0.3) is 0 Å². The van der Waals surface area contributed by atoms with E-state index in [1.54, 1.807) is 21.3 Å². The summed E-state index contributed by atoms with van der Waals surface area (Å²) in [5.41, 5.74) is 2.56. The summed E-state index contributed by atoms with van der Waals surface area (Å²) in [6, 6.07) is 7.53. The van der Waals surface area contributed by atoms with E-state index < -0.39 is 0 Å². The van der Waals surface area contributed by atoms with Crippen LogP contribution in [0.3, 0.4) is 0 Å². The second-order valence-corrected chi connectivity index (χ2v) is 6.52. The monoisotopic (exact) mass is 401 g/mol. The van der Waals surface area contributed by atoms with Crippen LogP contribution in [0, 0.1) is 0 Å². The molecule has 2 aromatic rings. The highest BCUT2D eigenvalue weighted by atomic mass is 16.5. The Morgan fingerprint density at radius 1 is 0.862 bits per heavy atom. The van der Waals surface area contributed by atoms with Crippen molar-refractivity contribution in [3.8, 4) is 28.7 Å². The molecule has 0 aliphatic carbocycles. The molecule has 1 amide bonds. The van der Waals surface area contributed by atoms with Gasteiger partial charge in [0.2, 0.25) is 11.7 Å². The minimum absolute atomic E-state index is 0.0668. The molecule has 156 valence electrons. The molecule has 1 heterocycles. The van der Waals surface area contributed by atoms with Gasteiger partial charge in [-0.3, -0.25) is 4.79 Å². The maximum Gasteiger partial charge on any atom is 0.225 e. The first-order chi connectivity index (χ1) is 14.1. The van der Waals surface area contributed by atoms with E-state index in [4.69, 9.17) is 23.7 Å². The maximum atomic E-state index is 12.5. The van der Waals surface area contributed by atoms with Crippen LogP contribution < -0.4 is 29.0 Å². The third-order valence-corrected chi connectivity index (χ3v) is 4.84. The van der Waals surface area contributed by atoms with Crippen molar-refractivity contribution < 1.29 is 28.5 Å². The molecule has 0 spiro atoms. The van der Waals surface area contributed by atoms with Crippen molar-refractivity contribution >= 4 is 11.6 Å². The summed E-state index contributed by atoms with van der Waals surface area (Å²) in [6.07, 6.45) is 0.297. The molecular weight excluding hydrogens is 374 g/mol. The summed E-state index contributed by atoms with van der Waals surface area (Å²) >= 11 is 0. The van der Waals surface area contributed by atoms with Gasteiger partial charge in [0.1, 0.15) is 0 Å². The van der Waals surface area contributed by atoms with Gasteiger partial charge in [0.25, 0.3) is 0 Å². The molecule has 1 N–H and O–H groups in total. The molecule has 1 atom stereocenters. The summed E-state index contributed by atoms with van der Waals surface area (Å²) in [5, 5.41) is 2.95. The first-order valence-corrected chi connectivity index (χ1v) is 9.59. The zero-order chi connectivity index (χ0) is 21.0. The maximum absolute atomic E-state index is 12.5. The van der Waals surface area contributed by atoms with Crippen molar-refractivity contribution in [1.29, 1.82) is 0 Å². The third kappa shape index (κ3) is 4.04. The van der Waals surface area contributed by atoms with E-state index in [0.717, 1.165) is 11.1 Å². The number of ether oxygens (including phenoxy) is 5. The van der Waals surface area contributed by atoms with Gasteiger partial charge < -0.3 is 29.0 Å². The number of benzene rings is 2. The zero-order valence-electron chi connectivity index (χ0n) is 17.5. The van der Waals surface area contributed by atoms with E-state index in [2.05, 4.69) is 5.32 Å². The number of hydrogen-bond donors (Lipinski definition) is 1. The smallest absolute Gasteiger partial charge is 0.225 e. The van der Waals surface area contributed by atoms with E-state index in [1.807, 2.05) is 38.1 Å². The van der Waals surface area contributed by atoms with Gasteiger partial charge in [-0.1, -0.05) is 0 Å². The van der Waals surface area contributed by atoms with Crippen molar-refractivity contribution in [2.24, 2.45) is 0 Å². The molecule has 0 radical (unpaired) electrons. The number of anilines is 1. The second kappa shape index (κ2) is 8.94. The number of rotatable bonds is 8. The van der Waals surface area contributed by atoms with Gasteiger partial charge in [-0.05, 0) is 43.2 Å².